The van der Waals surface area contributed by atoms with E-state index in [1.807, 2.05) is 36.4 Å². The number of carbonyl (C=O) groups is 1. The Bertz CT molecular complexity index is 500. The van der Waals surface area contributed by atoms with Gasteiger partial charge in [-0.3, -0.25) is 9.78 Å². The molecule has 1 aromatic carbocycles. The van der Waals surface area contributed by atoms with Crippen LogP contribution in [0.1, 0.15) is 5.56 Å². The first-order valence-corrected chi connectivity index (χ1v) is 4.62. The Morgan fingerprint density at radius 1 is 1.20 bits per heavy atom. The molecular weight excluding hydrogens is 188 g/mol. The molecule has 0 radical (unpaired) electrons. The van der Waals surface area contributed by atoms with Gasteiger partial charge in [0.1, 0.15) is 0 Å². The molecule has 3 nitrogen and oxygen atoms in total. The van der Waals surface area contributed by atoms with Gasteiger partial charge in [-0.2, -0.15) is 0 Å². The summed E-state index contributed by atoms with van der Waals surface area (Å²) in [4.78, 5) is 14.3. The van der Waals surface area contributed by atoms with E-state index in [1.54, 1.807) is 12.4 Å². The lowest BCUT2D eigenvalue weighted by atomic mass is 10.1. The van der Waals surface area contributed by atoms with Crippen molar-refractivity contribution in [1.29, 1.82) is 0 Å². The van der Waals surface area contributed by atoms with Gasteiger partial charge in [-0.05, 0) is 23.8 Å². The molecule has 1 amide bonds. The average Bonchev–Trinajstić information content (AvgIpc) is 2.30. The minimum Gasteiger partial charge on any atom is -0.335 e. The molecule has 1 N–H and O–H groups in total. The van der Waals surface area contributed by atoms with E-state index in [2.05, 4.69) is 10.3 Å². The van der Waals surface area contributed by atoms with Crippen molar-refractivity contribution in [3.8, 4) is 0 Å². The number of nitrogens with zero attached hydrogens (tertiary/aromatic N) is 1. The third kappa shape index (κ3) is 2.02. The van der Waals surface area contributed by atoms with Gasteiger partial charge < -0.3 is 5.32 Å². The molecule has 0 saturated heterocycles. The molecule has 0 aliphatic carbocycles. The Hall–Kier alpha value is -2.16. The highest BCUT2D eigenvalue weighted by Crippen LogP contribution is 2.16. The summed E-state index contributed by atoms with van der Waals surface area (Å²) in [5.74, 6) is 0. The Labute approximate surface area is 87.4 Å². The second kappa shape index (κ2) is 4.37. The van der Waals surface area contributed by atoms with Crippen molar-refractivity contribution in [3.05, 3.63) is 48.3 Å². The maximum atomic E-state index is 10.1. The Balaban J connectivity index is 2.46. The Kier molecular flexibility index (Phi) is 2.74. The highest BCUT2D eigenvalue weighted by molar-refractivity contribution is 5.87. The lowest BCUT2D eigenvalue weighted by molar-refractivity contribution is -0.108. The zero-order chi connectivity index (χ0) is 10.5. The number of carbonyl (C=O) groups excluding carboxylic acids is 1. The average molecular weight is 198 g/mol. The highest BCUT2D eigenvalue weighted by atomic mass is 16.1. The molecule has 1 heterocycles. The van der Waals surface area contributed by atoms with E-state index in [-0.39, 0.29) is 0 Å². The van der Waals surface area contributed by atoms with Gasteiger partial charge in [0.25, 0.3) is 0 Å². The maximum Gasteiger partial charge on any atom is 0.211 e. The summed E-state index contributed by atoms with van der Waals surface area (Å²) < 4.78 is 0. The standard InChI is InChI=1S/C12H10N2O/c15-9-13-7-5-10-6-8-14-12-4-2-1-3-11(10)12/h1-9H,(H,13,15)/b7-5+. The van der Waals surface area contributed by atoms with E-state index >= 15 is 0 Å². The molecule has 0 bridgehead atoms. The summed E-state index contributed by atoms with van der Waals surface area (Å²) in [6, 6.07) is 9.79. The lowest BCUT2D eigenvalue weighted by Gasteiger charge is -2.00. The van der Waals surface area contributed by atoms with Crippen molar-refractivity contribution in [3.63, 3.8) is 0 Å². The Morgan fingerprint density at radius 2 is 2.07 bits per heavy atom. The van der Waals surface area contributed by atoms with Crippen LogP contribution in [0.15, 0.2) is 42.7 Å². The van der Waals surface area contributed by atoms with Crippen LogP contribution < -0.4 is 5.32 Å². The number of amides is 1. The molecule has 15 heavy (non-hydrogen) atoms. The molecule has 2 rings (SSSR count). The molecule has 3 heteroatoms. The van der Waals surface area contributed by atoms with Crippen LogP contribution in [-0.4, -0.2) is 11.4 Å². The molecule has 0 saturated carbocycles. The van der Waals surface area contributed by atoms with Crippen LogP contribution in [0.3, 0.4) is 0 Å². The zero-order valence-corrected chi connectivity index (χ0v) is 8.05. The summed E-state index contributed by atoms with van der Waals surface area (Å²) in [7, 11) is 0. The molecule has 0 aliphatic heterocycles. The second-order valence-electron chi connectivity index (χ2n) is 3.04. The lowest BCUT2D eigenvalue weighted by Crippen LogP contribution is -1.98. The molecule has 0 atom stereocenters. The van der Waals surface area contributed by atoms with E-state index < -0.39 is 0 Å². The maximum absolute atomic E-state index is 10.1. The zero-order valence-electron chi connectivity index (χ0n) is 8.05. The Morgan fingerprint density at radius 3 is 2.93 bits per heavy atom. The smallest absolute Gasteiger partial charge is 0.211 e. The third-order valence-electron chi connectivity index (χ3n) is 2.11. The first-order valence-electron chi connectivity index (χ1n) is 4.62. The molecule has 1 aromatic heterocycles. The summed E-state index contributed by atoms with van der Waals surface area (Å²) in [5.41, 5.74) is 1.99. The number of hydrogen-bond acceptors (Lipinski definition) is 2. The van der Waals surface area contributed by atoms with E-state index in [1.165, 1.54) is 0 Å². The fourth-order valence-corrected chi connectivity index (χ4v) is 1.44. The SMILES string of the molecule is O=CN/C=C/c1ccnc2ccccc12. The van der Waals surface area contributed by atoms with Gasteiger partial charge in [0.05, 0.1) is 5.52 Å². The number of para-hydroxylation sites is 1. The fourth-order valence-electron chi connectivity index (χ4n) is 1.44. The van der Waals surface area contributed by atoms with Gasteiger partial charge in [0, 0.05) is 17.8 Å². The predicted octanol–water partition coefficient (Wildman–Crippen LogP) is 1.95. The van der Waals surface area contributed by atoms with Gasteiger partial charge in [-0.25, -0.2) is 0 Å². The van der Waals surface area contributed by atoms with E-state index in [0.717, 1.165) is 16.5 Å². The molecule has 0 unspecified atom stereocenters. The van der Waals surface area contributed by atoms with Crippen LogP contribution in [0.2, 0.25) is 0 Å². The van der Waals surface area contributed by atoms with E-state index in [4.69, 9.17) is 0 Å². The molecule has 0 aliphatic rings. The van der Waals surface area contributed by atoms with Crippen molar-refractivity contribution in [2.24, 2.45) is 0 Å². The molecule has 2 aromatic rings. The van der Waals surface area contributed by atoms with Crippen LogP contribution in [0.25, 0.3) is 17.0 Å². The fraction of sp³-hybridized carbons (Fsp3) is 0. The van der Waals surface area contributed by atoms with Crippen LogP contribution in [0.4, 0.5) is 0 Å². The summed E-state index contributed by atoms with van der Waals surface area (Å²) >= 11 is 0. The van der Waals surface area contributed by atoms with E-state index in [9.17, 15) is 4.79 Å². The normalized spacial score (nSPS) is 10.7. The predicted molar refractivity (Wildman–Crippen MR) is 60.0 cm³/mol. The largest absolute Gasteiger partial charge is 0.335 e. The van der Waals surface area contributed by atoms with Crippen LogP contribution in [-0.2, 0) is 4.79 Å². The van der Waals surface area contributed by atoms with Crippen molar-refractivity contribution < 1.29 is 4.79 Å². The van der Waals surface area contributed by atoms with Crippen molar-refractivity contribution in [2.75, 3.05) is 0 Å². The molecule has 74 valence electrons. The van der Waals surface area contributed by atoms with Gasteiger partial charge in [-0.15, -0.1) is 0 Å². The number of rotatable bonds is 3. The topological polar surface area (TPSA) is 42.0 Å². The summed E-state index contributed by atoms with van der Waals surface area (Å²) in [6.07, 6.45) is 5.84. The van der Waals surface area contributed by atoms with Gasteiger partial charge in [0.15, 0.2) is 0 Å². The number of nitrogens with one attached hydrogen (secondary N) is 1. The van der Waals surface area contributed by atoms with Crippen LogP contribution in [0, 0.1) is 0 Å². The first-order chi connectivity index (χ1) is 7.42. The number of benzene rings is 1. The molecule has 0 spiro atoms. The monoisotopic (exact) mass is 198 g/mol. The van der Waals surface area contributed by atoms with Gasteiger partial charge in [0.2, 0.25) is 6.41 Å². The number of fused-ring (bicyclic) bond motifs is 1. The second-order valence-corrected chi connectivity index (χ2v) is 3.04. The van der Waals surface area contributed by atoms with Crippen LogP contribution >= 0.6 is 0 Å². The molecule has 0 fully saturated rings. The number of aromatic nitrogens is 1. The summed E-state index contributed by atoms with van der Waals surface area (Å²) in [5, 5.41) is 3.55. The van der Waals surface area contributed by atoms with Crippen LogP contribution in [0.5, 0.6) is 0 Å². The third-order valence-corrected chi connectivity index (χ3v) is 2.11. The number of pyridine rings is 1. The molecular formula is C12H10N2O. The van der Waals surface area contributed by atoms with Crippen molar-refractivity contribution in [2.45, 2.75) is 0 Å². The highest BCUT2D eigenvalue weighted by Gasteiger charge is 1.96. The minimum absolute atomic E-state index is 0.639. The van der Waals surface area contributed by atoms with Gasteiger partial charge >= 0.3 is 0 Å². The summed E-state index contributed by atoms with van der Waals surface area (Å²) in [6.45, 7) is 0. The van der Waals surface area contributed by atoms with Crippen molar-refractivity contribution >= 4 is 23.4 Å². The first kappa shape index (κ1) is 9.40. The van der Waals surface area contributed by atoms with Gasteiger partial charge in [-0.1, -0.05) is 18.2 Å². The number of hydrogen-bond donors (Lipinski definition) is 1. The van der Waals surface area contributed by atoms with Crippen molar-refractivity contribution in [1.82, 2.24) is 10.3 Å². The quantitative estimate of drug-likeness (QED) is 0.766. The minimum atomic E-state index is 0.639. The van der Waals surface area contributed by atoms with E-state index in [0.29, 0.717) is 6.41 Å².